The third-order valence-corrected chi connectivity index (χ3v) is 2.83. The molecule has 0 radical (unpaired) electrons. The lowest BCUT2D eigenvalue weighted by molar-refractivity contribution is -0.139. The molecule has 0 aromatic carbocycles. The van der Waals surface area contributed by atoms with Gasteiger partial charge in [-0.1, -0.05) is 0 Å². The molecule has 0 unspecified atom stereocenters. The van der Waals surface area contributed by atoms with Crippen molar-refractivity contribution in [3.63, 3.8) is 0 Å². The van der Waals surface area contributed by atoms with Gasteiger partial charge in [-0.05, 0) is 18.9 Å². The number of hydrogen-bond donors (Lipinski definition) is 1. The molecule has 1 N–H and O–H groups in total. The molecule has 0 saturated carbocycles. The summed E-state index contributed by atoms with van der Waals surface area (Å²) in [7, 11) is 2.60. The standard InChI is InChI=1S/C13H19NO5/c1-18-12(16)9-11-10(13(17)19-2)5-7-14(11)6-3-4-8-15/h5,7,15H,3-4,6,8-9H2,1-2H3. The van der Waals surface area contributed by atoms with Crippen LogP contribution in [0, 0.1) is 0 Å². The summed E-state index contributed by atoms with van der Waals surface area (Å²) in [4.78, 5) is 23.0. The van der Waals surface area contributed by atoms with Crippen LogP contribution < -0.4 is 0 Å². The summed E-state index contributed by atoms with van der Waals surface area (Å²) in [6, 6.07) is 1.63. The van der Waals surface area contributed by atoms with Crippen LogP contribution in [0.3, 0.4) is 0 Å². The number of hydrogen-bond acceptors (Lipinski definition) is 5. The fourth-order valence-corrected chi connectivity index (χ4v) is 1.81. The van der Waals surface area contributed by atoms with Crippen molar-refractivity contribution in [2.75, 3.05) is 20.8 Å². The highest BCUT2D eigenvalue weighted by Gasteiger charge is 2.19. The Morgan fingerprint density at radius 1 is 1.26 bits per heavy atom. The van der Waals surface area contributed by atoms with Gasteiger partial charge < -0.3 is 19.1 Å². The number of aliphatic hydroxyl groups excluding tert-OH is 1. The van der Waals surface area contributed by atoms with Crippen LogP contribution in [0.1, 0.15) is 28.9 Å². The zero-order valence-electron chi connectivity index (χ0n) is 11.2. The van der Waals surface area contributed by atoms with E-state index >= 15 is 0 Å². The first kappa shape index (κ1) is 15.2. The van der Waals surface area contributed by atoms with Crippen molar-refractivity contribution in [3.05, 3.63) is 23.5 Å². The summed E-state index contributed by atoms with van der Waals surface area (Å²) >= 11 is 0. The van der Waals surface area contributed by atoms with Crippen LogP contribution in [-0.4, -0.2) is 42.4 Å². The summed E-state index contributed by atoms with van der Waals surface area (Å²) in [5.74, 6) is -0.882. The molecule has 1 aromatic rings. The molecular weight excluding hydrogens is 250 g/mol. The third-order valence-electron chi connectivity index (χ3n) is 2.83. The van der Waals surface area contributed by atoms with Gasteiger partial charge in [0.05, 0.1) is 26.2 Å². The molecule has 0 saturated heterocycles. The SMILES string of the molecule is COC(=O)Cc1c(C(=O)OC)ccn1CCCCO. The van der Waals surface area contributed by atoms with Gasteiger partial charge in [-0.25, -0.2) is 4.79 Å². The van der Waals surface area contributed by atoms with Crippen molar-refractivity contribution < 1.29 is 24.2 Å². The average molecular weight is 269 g/mol. The van der Waals surface area contributed by atoms with Gasteiger partial charge >= 0.3 is 11.9 Å². The predicted octanol–water partition coefficient (Wildman–Crippen LogP) is 0.763. The van der Waals surface area contributed by atoms with Gasteiger partial charge in [-0.3, -0.25) is 4.79 Å². The van der Waals surface area contributed by atoms with E-state index in [4.69, 9.17) is 5.11 Å². The molecule has 0 amide bonds. The number of esters is 2. The molecule has 0 aliphatic carbocycles. The number of ether oxygens (including phenoxy) is 2. The van der Waals surface area contributed by atoms with Crippen LogP contribution in [-0.2, 0) is 27.2 Å². The second-order valence-corrected chi connectivity index (χ2v) is 4.04. The Bertz CT molecular complexity index is 438. The van der Waals surface area contributed by atoms with Gasteiger partial charge in [-0.15, -0.1) is 0 Å². The lowest BCUT2D eigenvalue weighted by Gasteiger charge is -2.09. The number of carbonyl (C=O) groups is 2. The molecule has 0 aliphatic heterocycles. The maximum absolute atomic E-state index is 11.6. The van der Waals surface area contributed by atoms with Crippen LogP contribution in [0.25, 0.3) is 0 Å². The Hall–Kier alpha value is -1.82. The minimum atomic E-state index is -0.472. The summed E-state index contributed by atoms with van der Waals surface area (Å²) in [6.45, 7) is 0.751. The lowest BCUT2D eigenvalue weighted by atomic mass is 10.2. The van der Waals surface area contributed by atoms with Crippen molar-refractivity contribution in [3.8, 4) is 0 Å². The number of carbonyl (C=O) groups excluding carboxylic acids is 2. The van der Waals surface area contributed by atoms with E-state index in [2.05, 4.69) is 9.47 Å². The van der Waals surface area contributed by atoms with Gasteiger partial charge in [-0.2, -0.15) is 0 Å². The van der Waals surface area contributed by atoms with E-state index in [1.807, 2.05) is 4.57 Å². The molecule has 0 bridgehead atoms. The minimum absolute atomic E-state index is 0.0209. The molecule has 106 valence electrons. The number of unbranched alkanes of at least 4 members (excludes halogenated alkanes) is 1. The second kappa shape index (κ2) is 7.58. The maximum atomic E-state index is 11.6. The first-order chi connectivity index (χ1) is 9.13. The topological polar surface area (TPSA) is 77.8 Å². The molecular formula is C13H19NO5. The fraction of sp³-hybridized carbons (Fsp3) is 0.538. The quantitative estimate of drug-likeness (QED) is 0.584. The summed E-state index contributed by atoms with van der Waals surface area (Å²) in [5, 5.41) is 8.77. The van der Waals surface area contributed by atoms with E-state index in [-0.39, 0.29) is 13.0 Å². The van der Waals surface area contributed by atoms with Crippen LogP contribution in [0.5, 0.6) is 0 Å². The smallest absolute Gasteiger partial charge is 0.339 e. The molecule has 1 heterocycles. The van der Waals surface area contributed by atoms with Crippen molar-refractivity contribution in [2.24, 2.45) is 0 Å². The second-order valence-electron chi connectivity index (χ2n) is 4.04. The number of aromatic nitrogens is 1. The van der Waals surface area contributed by atoms with E-state index in [1.54, 1.807) is 12.3 Å². The molecule has 1 aromatic heterocycles. The number of nitrogens with zero attached hydrogens (tertiary/aromatic N) is 1. The molecule has 6 nitrogen and oxygen atoms in total. The summed E-state index contributed by atoms with van der Waals surface area (Å²) in [5.41, 5.74) is 0.952. The highest BCUT2D eigenvalue weighted by atomic mass is 16.5. The molecule has 1 rings (SSSR count). The molecule has 6 heteroatoms. The highest BCUT2D eigenvalue weighted by molar-refractivity contribution is 5.92. The van der Waals surface area contributed by atoms with E-state index in [9.17, 15) is 9.59 Å². The number of aryl methyl sites for hydroxylation is 1. The molecule has 0 atom stereocenters. The van der Waals surface area contributed by atoms with Crippen molar-refractivity contribution >= 4 is 11.9 Å². The van der Waals surface area contributed by atoms with E-state index in [0.717, 1.165) is 6.42 Å². The number of methoxy groups -OCH3 is 2. The van der Waals surface area contributed by atoms with Gasteiger partial charge in [0.2, 0.25) is 0 Å². The Morgan fingerprint density at radius 2 is 2.00 bits per heavy atom. The fourth-order valence-electron chi connectivity index (χ4n) is 1.81. The Kier molecular flexibility index (Phi) is 6.08. The predicted molar refractivity (Wildman–Crippen MR) is 67.8 cm³/mol. The van der Waals surface area contributed by atoms with Crippen LogP contribution in [0.15, 0.2) is 12.3 Å². The van der Waals surface area contributed by atoms with Crippen molar-refractivity contribution in [1.29, 1.82) is 0 Å². The largest absolute Gasteiger partial charge is 0.469 e. The van der Waals surface area contributed by atoms with E-state index < -0.39 is 11.9 Å². The zero-order chi connectivity index (χ0) is 14.3. The lowest BCUT2D eigenvalue weighted by Crippen LogP contribution is -2.14. The zero-order valence-corrected chi connectivity index (χ0v) is 11.2. The van der Waals surface area contributed by atoms with Crippen molar-refractivity contribution in [2.45, 2.75) is 25.8 Å². The van der Waals surface area contributed by atoms with Crippen LogP contribution >= 0.6 is 0 Å². The maximum Gasteiger partial charge on any atom is 0.339 e. The molecule has 0 fully saturated rings. The Morgan fingerprint density at radius 3 is 2.58 bits per heavy atom. The normalized spacial score (nSPS) is 10.3. The molecule has 19 heavy (non-hydrogen) atoms. The van der Waals surface area contributed by atoms with Gasteiger partial charge in [0.25, 0.3) is 0 Å². The Labute approximate surface area is 111 Å². The van der Waals surface area contributed by atoms with Crippen LogP contribution in [0.2, 0.25) is 0 Å². The van der Waals surface area contributed by atoms with Crippen molar-refractivity contribution in [1.82, 2.24) is 4.57 Å². The monoisotopic (exact) mass is 269 g/mol. The summed E-state index contributed by atoms with van der Waals surface area (Å²) in [6.07, 6.45) is 3.19. The number of rotatable bonds is 7. The summed E-state index contributed by atoms with van der Waals surface area (Å²) < 4.78 is 11.1. The minimum Gasteiger partial charge on any atom is -0.469 e. The van der Waals surface area contributed by atoms with Crippen LogP contribution in [0.4, 0.5) is 0 Å². The first-order valence-electron chi connectivity index (χ1n) is 6.08. The Balaban J connectivity index is 2.92. The molecule has 0 aliphatic rings. The highest BCUT2D eigenvalue weighted by Crippen LogP contribution is 2.15. The molecule has 0 spiro atoms. The number of aliphatic hydroxyl groups is 1. The average Bonchev–Trinajstić information content (AvgIpc) is 2.81. The first-order valence-corrected chi connectivity index (χ1v) is 6.08. The third kappa shape index (κ3) is 4.10. The van der Waals surface area contributed by atoms with Gasteiger partial charge in [0.1, 0.15) is 0 Å². The van der Waals surface area contributed by atoms with Gasteiger partial charge in [0.15, 0.2) is 0 Å². The van der Waals surface area contributed by atoms with E-state index in [0.29, 0.717) is 24.2 Å². The van der Waals surface area contributed by atoms with E-state index in [1.165, 1.54) is 14.2 Å². The van der Waals surface area contributed by atoms with Gasteiger partial charge in [0, 0.05) is 25.0 Å².